The lowest BCUT2D eigenvalue weighted by Gasteiger charge is -2.19. The van der Waals surface area contributed by atoms with Crippen molar-refractivity contribution in [3.8, 4) is 5.75 Å². The van der Waals surface area contributed by atoms with Gasteiger partial charge in [0.2, 0.25) is 0 Å². The first-order chi connectivity index (χ1) is 14.6. The molecule has 0 fully saturated rings. The predicted octanol–water partition coefficient (Wildman–Crippen LogP) is 3.99. The summed E-state index contributed by atoms with van der Waals surface area (Å²) in [6.07, 6.45) is -8.59. The molecule has 32 heavy (non-hydrogen) atoms. The summed E-state index contributed by atoms with van der Waals surface area (Å²) in [5, 5.41) is 0. The Balaban J connectivity index is 1.90. The van der Waals surface area contributed by atoms with Crippen LogP contribution in [0.25, 0.3) is 0 Å². The fraction of sp³-hybridized carbons (Fsp3) is 0.368. The highest BCUT2D eigenvalue weighted by atomic mass is 32.2. The maximum atomic E-state index is 13.0. The molecule has 1 aromatic carbocycles. The molecule has 0 spiro atoms. The molecule has 2 aromatic rings. The number of nitrogens with zero attached hydrogens (tertiary/aromatic N) is 2. The van der Waals surface area contributed by atoms with Crippen LogP contribution in [0.4, 0.5) is 26.3 Å². The third-order valence-electron chi connectivity index (χ3n) is 4.64. The van der Waals surface area contributed by atoms with Gasteiger partial charge in [0.25, 0.3) is 5.91 Å². The lowest BCUT2D eigenvalue weighted by Crippen LogP contribution is -2.26. The third kappa shape index (κ3) is 5.50. The number of aromatic nitrogens is 1. The first-order valence-electron chi connectivity index (χ1n) is 9.03. The maximum Gasteiger partial charge on any atom is 0.433 e. The number of carbonyl (C=O) groups is 1. The molecule has 13 heteroatoms. The van der Waals surface area contributed by atoms with Crippen molar-refractivity contribution in [2.24, 2.45) is 0 Å². The van der Waals surface area contributed by atoms with Crippen molar-refractivity contribution in [2.75, 3.05) is 12.9 Å². The topological polar surface area (TPSA) is 76.6 Å². The number of hydrogen-bond donors (Lipinski definition) is 0. The van der Waals surface area contributed by atoms with Crippen LogP contribution in [0.3, 0.4) is 0 Å². The SMILES string of the molecule is CS(=O)(=O)c1ccc(OCCC(F)(F)F)c(C(=O)N2Cc3cnc(C(F)(F)F)cc3C2)c1. The van der Waals surface area contributed by atoms with Gasteiger partial charge in [0.1, 0.15) is 11.4 Å². The first-order valence-corrected chi connectivity index (χ1v) is 10.9. The van der Waals surface area contributed by atoms with E-state index >= 15 is 0 Å². The largest absolute Gasteiger partial charge is 0.492 e. The highest BCUT2D eigenvalue weighted by Gasteiger charge is 2.35. The number of carbonyl (C=O) groups excluding carboxylic acids is 1. The second kappa shape index (κ2) is 8.26. The normalized spacial score (nSPS) is 14.4. The van der Waals surface area contributed by atoms with Gasteiger partial charge in [-0.1, -0.05) is 0 Å². The van der Waals surface area contributed by atoms with Crippen LogP contribution in [0.15, 0.2) is 35.4 Å². The molecule has 0 aliphatic carbocycles. The van der Waals surface area contributed by atoms with E-state index in [-0.39, 0.29) is 34.9 Å². The molecule has 1 aromatic heterocycles. The van der Waals surface area contributed by atoms with Gasteiger partial charge < -0.3 is 9.64 Å². The number of halogens is 6. The molecule has 0 atom stereocenters. The monoisotopic (exact) mass is 482 g/mol. The van der Waals surface area contributed by atoms with Crippen molar-refractivity contribution < 1.29 is 44.3 Å². The Labute approximate surface area is 178 Å². The number of ether oxygens (including phenoxy) is 1. The predicted molar refractivity (Wildman–Crippen MR) is 98.5 cm³/mol. The molecule has 174 valence electrons. The summed E-state index contributed by atoms with van der Waals surface area (Å²) in [5.74, 6) is -1.07. The molecule has 0 unspecified atom stereocenters. The van der Waals surface area contributed by atoms with E-state index in [1.165, 1.54) is 0 Å². The van der Waals surface area contributed by atoms with Gasteiger partial charge >= 0.3 is 12.4 Å². The Kier molecular flexibility index (Phi) is 6.15. The van der Waals surface area contributed by atoms with Crippen molar-refractivity contribution in [3.63, 3.8) is 0 Å². The zero-order valence-electron chi connectivity index (χ0n) is 16.4. The fourth-order valence-electron chi connectivity index (χ4n) is 3.06. The summed E-state index contributed by atoms with van der Waals surface area (Å²) in [6, 6.07) is 3.96. The van der Waals surface area contributed by atoms with Crippen LogP contribution in [-0.2, 0) is 29.1 Å². The van der Waals surface area contributed by atoms with Gasteiger partial charge in [0.15, 0.2) is 9.84 Å². The van der Waals surface area contributed by atoms with E-state index in [0.29, 0.717) is 5.56 Å². The maximum absolute atomic E-state index is 13.0. The minimum absolute atomic E-state index is 0.107. The van der Waals surface area contributed by atoms with Gasteiger partial charge in [-0.3, -0.25) is 9.78 Å². The van der Waals surface area contributed by atoms with E-state index in [9.17, 15) is 39.6 Å². The standard InChI is InChI=1S/C19H16F6N2O4S/c1-32(29,30)13-2-3-15(31-5-4-18(20,21)22)14(7-13)17(28)27-9-11-6-16(19(23,24)25)26-8-12(11)10-27/h2-3,6-8H,4-5,9-10H2,1H3. The van der Waals surface area contributed by atoms with Crippen LogP contribution in [0.5, 0.6) is 5.75 Å². The van der Waals surface area contributed by atoms with E-state index in [4.69, 9.17) is 4.74 Å². The summed E-state index contributed by atoms with van der Waals surface area (Å²) in [7, 11) is -3.76. The number of fused-ring (bicyclic) bond motifs is 1. The second-order valence-electron chi connectivity index (χ2n) is 7.14. The van der Waals surface area contributed by atoms with E-state index in [1.807, 2.05) is 0 Å². The number of sulfone groups is 1. The van der Waals surface area contributed by atoms with Crippen molar-refractivity contribution in [1.82, 2.24) is 9.88 Å². The van der Waals surface area contributed by atoms with Crippen molar-refractivity contribution >= 4 is 15.7 Å². The molecule has 0 N–H and O–H groups in total. The lowest BCUT2D eigenvalue weighted by atomic mass is 10.1. The van der Waals surface area contributed by atoms with Crippen LogP contribution in [0, 0.1) is 0 Å². The molecular formula is C19H16F6N2O4S. The number of rotatable bonds is 5. The van der Waals surface area contributed by atoms with E-state index in [2.05, 4.69) is 4.98 Å². The number of hydrogen-bond acceptors (Lipinski definition) is 5. The van der Waals surface area contributed by atoms with E-state index in [0.717, 1.165) is 41.6 Å². The van der Waals surface area contributed by atoms with Crippen LogP contribution >= 0.6 is 0 Å². The summed E-state index contributed by atoms with van der Waals surface area (Å²) >= 11 is 0. The zero-order chi connectivity index (χ0) is 23.9. The molecule has 3 rings (SSSR count). The highest BCUT2D eigenvalue weighted by Crippen LogP contribution is 2.33. The van der Waals surface area contributed by atoms with Gasteiger partial charge in [-0.25, -0.2) is 8.42 Å². The Morgan fingerprint density at radius 1 is 1.09 bits per heavy atom. The van der Waals surface area contributed by atoms with Gasteiger partial charge in [-0.05, 0) is 35.4 Å². The van der Waals surface area contributed by atoms with Crippen molar-refractivity contribution in [1.29, 1.82) is 0 Å². The smallest absolute Gasteiger partial charge is 0.433 e. The quantitative estimate of drug-likeness (QED) is 0.603. The van der Waals surface area contributed by atoms with Gasteiger partial charge in [-0.15, -0.1) is 0 Å². The number of alkyl halides is 6. The Bertz CT molecular complexity index is 1150. The summed E-state index contributed by atoms with van der Waals surface area (Å²) in [6.45, 7) is -1.13. The number of pyridine rings is 1. The fourth-order valence-corrected chi connectivity index (χ4v) is 3.71. The molecule has 0 saturated heterocycles. The average molecular weight is 482 g/mol. The van der Waals surface area contributed by atoms with E-state index < -0.39 is 46.8 Å². The molecule has 0 radical (unpaired) electrons. The molecule has 1 amide bonds. The molecule has 2 heterocycles. The first kappa shape index (κ1) is 23.8. The molecule has 1 aliphatic rings. The molecule has 1 aliphatic heterocycles. The van der Waals surface area contributed by atoms with Gasteiger partial charge in [-0.2, -0.15) is 26.3 Å². The molecule has 0 bridgehead atoms. The number of benzene rings is 1. The minimum Gasteiger partial charge on any atom is -0.492 e. The average Bonchev–Trinajstić information content (AvgIpc) is 3.08. The van der Waals surface area contributed by atoms with Crippen LogP contribution in [0.2, 0.25) is 0 Å². The third-order valence-corrected chi connectivity index (χ3v) is 5.75. The summed E-state index contributed by atoms with van der Waals surface area (Å²) < 4.78 is 105. The molecule has 6 nitrogen and oxygen atoms in total. The lowest BCUT2D eigenvalue weighted by molar-refractivity contribution is -0.141. The second-order valence-corrected chi connectivity index (χ2v) is 9.16. The Hall–Kier alpha value is -2.83. The van der Waals surface area contributed by atoms with Gasteiger partial charge in [0.05, 0.1) is 23.5 Å². The zero-order valence-corrected chi connectivity index (χ0v) is 17.2. The van der Waals surface area contributed by atoms with E-state index in [1.54, 1.807) is 0 Å². The summed E-state index contributed by atoms with van der Waals surface area (Å²) in [4.78, 5) is 17.3. The Morgan fingerprint density at radius 2 is 1.75 bits per heavy atom. The van der Waals surface area contributed by atoms with Crippen LogP contribution in [0.1, 0.15) is 33.6 Å². The van der Waals surface area contributed by atoms with Gasteiger partial charge in [0, 0.05) is 25.5 Å². The van der Waals surface area contributed by atoms with Crippen LogP contribution in [-0.4, -0.2) is 43.2 Å². The molecular weight excluding hydrogens is 466 g/mol. The Morgan fingerprint density at radius 3 is 2.34 bits per heavy atom. The van der Waals surface area contributed by atoms with Crippen molar-refractivity contribution in [2.45, 2.75) is 36.8 Å². The number of amides is 1. The highest BCUT2D eigenvalue weighted by molar-refractivity contribution is 7.90. The van der Waals surface area contributed by atoms with Crippen molar-refractivity contribution in [3.05, 3.63) is 52.8 Å². The minimum atomic E-state index is -4.67. The molecule has 0 saturated carbocycles. The summed E-state index contributed by atoms with van der Waals surface area (Å²) in [5.41, 5.74) is -0.864. The van der Waals surface area contributed by atoms with Crippen LogP contribution < -0.4 is 4.74 Å².